The van der Waals surface area contributed by atoms with Crippen molar-refractivity contribution >= 4 is 28.4 Å². The quantitative estimate of drug-likeness (QED) is 0.872. The molecule has 1 fully saturated rings. The van der Waals surface area contributed by atoms with E-state index in [-0.39, 0.29) is 5.91 Å². The lowest BCUT2D eigenvalue weighted by Crippen LogP contribution is -2.39. The number of nitrogens with zero attached hydrogens (tertiary/aromatic N) is 3. The lowest BCUT2D eigenvalue weighted by atomic mass is 10.00. The van der Waals surface area contributed by atoms with E-state index in [1.165, 1.54) is 6.42 Å². The van der Waals surface area contributed by atoms with Gasteiger partial charge in [0.2, 0.25) is 5.91 Å². The van der Waals surface area contributed by atoms with Crippen LogP contribution in [0.4, 0.5) is 0 Å². The molecule has 0 saturated carbocycles. The second-order valence-electron chi connectivity index (χ2n) is 5.91. The molecule has 1 amide bonds. The standard InChI is InChI=1S/C16H20ClN3O/c1-12-3-2-7-19(11-12)16(21)6-8-20-15-9-14(17)5-4-13(15)10-18-20/h4-5,9-10,12H,2-3,6-8,11H2,1H3/t12-/m0/s1. The van der Waals surface area contributed by atoms with E-state index < -0.39 is 0 Å². The van der Waals surface area contributed by atoms with E-state index in [4.69, 9.17) is 11.6 Å². The monoisotopic (exact) mass is 305 g/mol. The summed E-state index contributed by atoms with van der Waals surface area (Å²) in [7, 11) is 0. The molecular weight excluding hydrogens is 286 g/mol. The molecule has 1 saturated heterocycles. The average Bonchev–Trinajstić information content (AvgIpc) is 2.87. The van der Waals surface area contributed by atoms with Crippen molar-refractivity contribution in [2.75, 3.05) is 13.1 Å². The Labute approximate surface area is 129 Å². The van der Waals surface area contributed by atoms with E-state index >= 15 is 0 Å². The first kappa shape index (κ1) is 14.4. The van der Waals surface area contributed by atoms with Crippen LogP contribution in [0, 0.1) is 5.92 Å². The van der Waals surface area contributed by atoms with Gasteiger partial charge in [-0.05, 0) is 37.0 Å². The minimum atomic E-state index is 0.229. The van der Waals surface area contributed by atoms with E-state index in [2.05, 4.69) is 12.0 Å². The van der Waals surface area contributed by atoms with Gasteiger partial charge in [-0.3, -0.25) is 9.48 Å². The molecular formula is C16H20ClN3O. The normalized spacial score (nSPS) is 19.1. The van der Waals surface area contributed by atoms with Gasteiger partial charge in [0, 0.05) is 29.9 Å². The van der Waals surface area contributed by atoms with Crippen molar-refractivity contribution in [3.8, 4) is 0 Å². The highest BCUT2D eigenvalue weighted by Crippen LogP contribution is 2.20. The highest BCUT2D eigenvalue weighted by Gasteiger charge is 2.20. The van der Waals surface area contributed by atoms with Crippen LogP contribution in [0.1, 0.15) is 26.2 Å². The number of fused-ring (bicyclic) bond motifs is 1. The van der Waals surface area contributed by atoms with E-state index in [1.54, 1.807) is 0 Å². The lowest BCUT2D eigenvalue weighted by molar-refractivity contribution is -0.133. The summed E-state index contributed by atoms with van der Waals surface area (Å²) < 4.78 is 1.87. The van der Waals surface area contributed by atoms with Crippen molar-refractivity contribution in [1.82, 2.24) is 14.7 Å². The van der Waals surface area contributed by atoms with Gasteiger partial charge in [-0.1, -0.05) is 18.5 Å². The number of benzene rings is 1. The van der Waals surface area contributed by atoms with Crippen LogP contribution in [0.5, 0.6) is 0 Å². The molecule has 1 aliphatic rings. The topological polar surface area (TPSA) is 38.1 Å². The first-order valence-corrected chi connectivity index (χ1v) is 7.90. The van der Waals surface area contributed by atoms with Gasteiger partial charge in [0.15, 0.2) is 0 Å². The van der Waals surface area contributed by atoms with Crippen LogP contribution in [-0.4, -0.2) is 33.7 Å². The second-order valence-corrected chi connectivity index (χ2v) is 6.34. The van der Waals surface area contributed by atoms with E-state index in [0.29, 0.717) is 23.9 Å². The molecule has 1 aliphatic heterocycles. The first-order chi connectivity index (χ1) is 10.1. The van der Waals surface area contributed by atoms with Gasteiger partial charge in [-0.25, -0.2) is 0 Å². The number of amides is 1. The molecule has 3 rings (SSSR count). The molecule has 112 valence electrons. The summed E-state index contributed by atoms with van der Waals surface area (Å²) in [5.74, 6) is 0.847. The van der Waals surface area contributed by atoms with Crippen molar-refractivity contribution in [1.29, 1.82) is 0 Å². The summed E-state index contributed by atoms with van der Waals surface area (Å²) in [6, 6.07) is 5.71. The predicted molar refractivity (Wildman–Crippen MR) is 84.3 cm³/mol. The number of hydrogen-bond acceptors (Lipinski definition) is 2. The number of rotatable bonds is 3. The SMILES string of the molecule is C[C@H]1CCCN(C(=O)CCn2ncc3ccc(Cl)cc32)C1. The number of aromatic nitrogens is 2. The Hall–Kier alpha value is -1.55. The van der Waals surface area contributed by atoms with Crippen LogP contribution >= 0.6 is 11.6 Å². The molecule has 0 N–H and O–H groups in total. The molecule has 5 heteroatoms. The number of piperidine rings is 1. The summed E-state index contributed by atoms with van der Waals surface area (Å²) >= 11 is 6.03. The number of hydrogen-bond donors (Lipinski definition) is 0. The first-order valence-electron chi connectivity index (χ1n) is 7.52. The molecule has 0 unspecified atom stereocenters. The third-order valence-corrected chi connectivity index (χ3v) is 4.39. The number of carbonyl (C=O) groups is 1. The van der Waals surface area contributed by atoms with E-state index in [1.807, 2.05) is 34.0 Å². The number of aryl methyl sites for hydroxylation is 1. The Morgan fingerprint density at radius 2 is 2.33 bits per heavy atom. The largest absolute Gasteiger partial charge is 0.342 e. The van der Waals surface area contributed by atoms with Crippen LogP contribution in [0.15, 0.2) is 24.4 Å². The third kappa shape index (κ3) is 3.21. The summed E-state index contributed by atoms with van der Waals surface area (Å²) in [5, 5.41) is 6.10. The van der Waals surface area contributed by atoms with Crippen molar-refractivity contribution < 1.29 is 4.79 Å². The van der Waals surface area contributed by atoms with Gasteiger partial charge in [0.05, 0.1) is 18.3 Å². The maximum Gasteiger partial charge on any atom is 0.224 e. The van der Waals surface area contributed by atoms with Gasteiger partial charge in [0.25, 0.3) is 0 Å². The minimum Gasteiger partial charge on any atom is -0.342 e. The van der Waals surface area contributed by atoms with Crippen molar-refractivity contribution in [2.45, 2.75) is 32.7 Å². The Morgan fingerprint density at radius 3 is 3.14 bits per heavy atom. The molecule has 2 heterocycles. The van der Waals surface area contributed by atoms with Gasteiger partial charge in [-0.2, -0.15) is 5.10 Å². The fourth-order valence-corrected chi connectivity index (χ4v) is 3.16. The zero-order valence-electron chi connectivity index (χ0n) is 12.3. The Bertz CT molecular complexity index is 652. The molecule has 0 radical (unpaired) electrons. The summed E-state index contributed by atoms with van der Waals surface area (Å²) in [6.45, 7) is 4.61. The molecule has 4 nitrogen and oxygen atoms in total. The Morgan fingerprint density at radius 1 is 1.48 bits per heavy atom. The van der Waals surface area contributed by atoms with Crippen LogP contribution in [0.3, 0.4) is 0 Å². The van der Waals surface area contributed by atoms with Gasteiger partial charge >= 0.3 is 0 Å². The highest BCUT2D eigenvalue weighted by molar-refractivity contribution is 6.31. The van der Waals surface area contributed by atoms with Crippen LogP contribution < -0.4 is 0 Å². The summed E-state index contributed by atoms with van der Waals surface area (Å²) in [5.41, 5.74) is 0.988. The fourth-order valence-electron chi connectivity index (χ4n) is 3.00. The third-order valence-electron chi connectivity index (χ3n) is 4.15. The second kappa shape index (κ2) is 6.06. The van der Waals surface area contributed by atoms with Crippen molar-refractivity contribution in [3.05, 3.63) is 29.4 Å². The fraction of sp³-hybridized carbons (Fsp3) is 0.500. The number of carbonyl (C=O) groups excluding carboxylic acids is 1. The molecule has 1 aromatic carbocycles. The Kier molecular flexibility index (Phi) is 4.15. The zero-order valence-corrected chi connectivity index (χ0v) is 13.0. The van der Waals surface area contributed by atoms with Crippen molar-refractivity contribution in [2.24, 2.45) is 5.92 Å². The zero-order chi connectivity index (χ0) is 14.8. The lowest BCUT2D eigenvalue weighted by Gasteiger charge is -2.31. The molecule has 1 atom stereocenters. The maximum absolute atomic E-state index is 12.3. The molecule has 2 aromatic rings. The highest BCUT2D eigenvalue weighted by atomic mass is 35.5. The average molecular weight is 306 g/mol. The molecule has 0 bridgehead atoms. The van der Waals surface area contributed by atoms with Gasteiger partial charge < -0.3 is 4.90 Å². The predicted octanol–water partition coefficient (Wildman–Crippen LogP) is 3.34. The van der Waals surface area contributed by atoms with E-state index in [0.717, 1.165) is 30.4 Å². The number of likely N-dealkylation sites (tertiary alicyclic amines) is 1. The molecule has 21 heavy (non-hydrogen) atoms. The van der Waals surface area contributed by atoms with Crippen LogP contribution in [0.25, 0.3) is 10.9 Å². The van der Waals surface area contributed by atoms with Crippen LogP contribution in [-0.2, 0) is 11.3 Å². The van der Waals surface area contributed by atoms with Gasteiger partial charge in [0.1, 0.15) is 0 Å². The molecule has 0 aliphatic carbocycles. The maximum atomic E-state index is 12.3. The van der Waals surface area contributed by atoms with E-state index in [9.17, 15) is 4.79 Å². The minimum absolute atomic E-state index is 0.229. The summed E-state index contributed by atoms with van der Waals surface area (Å²) in [6.07, 6.45) is 4.66. The molecule has 1 aromatic heterocycles. The summed E-state index contributed by atoms with van der Waals surface area (Å²) in [4.78, 5) is 14.3. The van der Waals surface area contributed by atoms with Crippen molar-refractivity contribution in [3.63, 3.8) is 0 Å². The van der Waals surface area contributed by atoms with Crippen LogP contribution in [0.2, 0.25) is 5.02 Å². The Balaban J connectivity index is 1.66. The smallest absolute Gasteiger partial charge is 0.224 e. The van der Waals surface area contributed by atoms with Gasteiger partial charge in [-0.15, -0.1) is 0 Å². The number of halogens is 1. The molecule has 0 spiro atoms.